The first-order valence-electron chi connectivity index (χ1n) is 4.59. The number of alkyl halides is 2. The van der Waals surface area contributed by atoms with Crippen molar-refractivity contribution in [2.75, 3.05) is 19.7 Å². The Morgan fingerprint density at radius 2 is 2.00 bits per heavy atom. The minimum absolute atomic E-state index is 0.153. The van der Waals surface area contributed by atoms with Crippen molar-refractivity contribution in [3.05, 3.63) is 24.3 Å². The summed E-state index contributed by atoms with van der Waals surface area (Å²) in [6, 6.07) is 1.66. The van der Waals surface area contributed by atoms with Gasteiger partial charge in [0.05, 0.1) is 19.7 Å². The number of aromatic nitrogens is 2. The Morgan fingerprint density at radius 3 is 2.53 bits per heavy atom. The van der Waals surface area contributed by atoms with Gasteiger partial charge in [-0.05, 0) is 6.07 Å². The smallest absolute Gasteiger partial charge is 0.251 e. The lowest BCUT2D eigenvalue weighted by atomic mass is 10.4. The fourth-order valence-corrected chi connectivity index (χ4v) is 1.18. The topological polar surface area (TPSA) is 49.2 Å². The summed E-state index contributed by atoms with van der Waals surface area (Å²) < 4.78 is 24.3. The normalized spacial score (nSPS) is 11.3. The predicted octanol–water partition coefficient (Wildman–Crippen LogP) is 0.536. The Morgan fingerprint density at radius 1 is 1.33 bits per heavy atom. The molecule has 4 nitrogen and oxygen atoms in total. The minimum Gasteiger partial charge on any atom is -0.395 e. The van der Waals surface area contributed by atoms with Crippen LogP contribution in [0.1, 0.15) is 5.82 Å². The van der Waals surface area contributed by atoms with Gasteiger partial charge in [-0.15, -0.1) is 0 Å². The molecule has 1 aromatic rings. The van der Waals surface area contributed by atoms with E-state index in [0.29, 0.717) is 5.82 Å². The Labute approximate surface area is 86.6 Å². The Kier molecular flexibility index (Phi) is 5.06. The Balaban J connectivity index is 2.50. The minimum atomic E-state index is -2.42. The number of aliphatic hydroxyl groups excluding tert-OH is 1. The third-order valence-corrected chi connectivity index (χ3v) is 1.80. The second-order valence-corrected chi connectivity index (χ2v) is 3.01. The first-order valence-corrected chi connectivity index (χ1v) is 4.59. The van der Waals surface area contributed by atoms with E-state index in [1.165, 1.54) is 4.90 Å². The van der Waals surface area contributed by atoms with Crippen molar-refractivity contribution in [2.45, 2.75) is 13.0 Å². The van der Waals surface area contributed by atoms with Crippen molar-refractivity contribution in [1.29, 1.82) is 0 Å². The maximum absolute atomic E-state index is 12.1. The van der Waals surface area contributed by atoms with Crippen LogP contribution in [0.4, 0.5) is 8.78 Å². The van der Waals surface area contributed by atoms with Crippen molar-refractivity contribution < 1.29 is 13.9 Å². The maximum atomic E-state index is 12.1. The summed E-state index contributed by atoms with van der Waals surface area (Å²) in [7, 11) is 0. The van der Waals surface area contributed by atoms with Crippen LogP contribution in [0.25, 0.3) is 0 Å². The average Bonchev–Trinajstić information content (AvgIpc) is 2.18. The van der Waals surface area contributed by atoms with Gasteiger partial charge in [-0.3, -0.25) is 4.90 Å². The summed E-state index contributed by atoms with van der Waals surface area (Å²) >= 11 is 0. The molecule has 15 heavy (non-hydrogen) atoms. The molecule has 1 aromatic heterocycles. The number of nitrogens with zero attached hydrogens (tertiary/aromatic N) is 3. The molecule has 0 aliphatic heterocycles. The van der Waals surface area contributed by atoms with Crippen LogP contribution in [0, 0.1) is 0 Å². The molecule has 1 rings (SSSR count). The maximum Gasteiger partial charge on any atom is 0.251 e. The lowest BCUT2D eigenvalue weighted by molar-refractivity contribution is 0.0733. The molecule has 0 aromatic carbocycles. The highest BCUT2D eigenvalue weighted by molar-refractivity contribution is 4.88. The van der Waals surface area contributed by atoms with Gasteiger partial charge >= 0.3 is 0 Å². The van der Waals surface area contributed by atoms with Gasteiger partial charge in [0.15, 0.2) is 0 Å². The predicted molar refractivity (Wildman–Crippen MR) is 50.4 cm³/mol. The van der Waals surface area contributed by atoms with Crippen LogP contribution in [0.2, 0.25) is 0 Å². The van der Waals surface area contributed by atoms with Crippen molar-refractivity contribution >= 4 is 0 Å². The van der Waals surface area contributed by atoms with Crippen molar-refractivity contribution in [3.8, 4) is 0 Å². The average molecular weight is 217 g/mol. The highest BCUT2D eigenvalue weighted by Gasteiger charge is 2.12. The summed E-state index contributed by atoms with van der Waals surface area (Å²) in [4.78, 5) is 9.27. The summed E-state index contributed by atoms with van der Waals surface area (Å²) in [5.74, 6) is 0.478. The molecule has 0 aliphatic carbocycles. The Hall–Kier alpha value is -1.14. The van der Waals surface area contributed by atoms with Gasteiger partial charge in [0.25, 0.3) is 6.43 Å². The monoisotopic (exact) mass is 217 g/mol. The number of aliphatic hydroxyl groups is 1. The summed E-state index contributed by atoms with van der Waals surface area (Å²) in [6.07, 6.45) is 0.698. The zero-order chi connectivity index (χ0) is 11.1. The molecule has 0 bridgehead atoms. The molecule has 84 valence electrons. The van der Waals surface area contributed by atoms with E-state index < -0.39 is 6.43 Å². The van der Waals surface area contributed by atoms with E-state index in [1.807, 2.05) is 0 Å². The van der Waals surface area contributed by atoms with E-state index in [9.17, 15) is 8.78 Å². The molecule has 1 heterocycles. The molecular formula is C9H13F2N3O. The number of hydrogen-bond acceptors (Lipinski definition) is 4. The van der Waals surface area contributed by atoms with Gasteiger partial charge in [0, 0.05) is 18.9 Å². The third kappa shape index (κ3) is 4.75. The van der Waals surface area contributed by atoms with Crippen LogP contribution in [0.5, 0.6) is 0 Å². The summed E-state index contributed by atoms with van der Waals surface area (Å²) in [5, 5.41) is 8.70. The Bertz CT molecular complexity index is 271. The lowest BCUT2D eigenvalue weighted by Gasteiger charge is -2.19. The van der Waals surface area contributed by atoms with Crippen molar-refractivity contribution in [1.82, 2.24) is 14.9 Å². The highest BCUT2D eigenvalue weighted by Crippen LogP contribution is 2.02. The third-order valence-electron chi connectivity index (χ3n) is 1.80. The number of rotatable bonds is 6. The van der Waals surface area contributed by atoms with E-state index in [0.717, 1.165) is 0 Å². The van der Waals surface area contributed by atoms with Gasteiger partial charge < -0.3 is 5.11 Å². The fourth-order valence-electron chi connectivity index (χ4n) is 1.18. The molecule has 0 fully saturated rings. The first-order chi connectivity index (χ1) is 7.22. The largest absolute Gasteiger partial charge is 0.395 e. The first kappa shape index (κ1) is 11.9. The molecule has 0 radical (unpaired) electrons. The SMILES string of the molecule is OCCN(Cc1ncccn1)CC(F)F. The zero-order valence-electron chi connectivity index (χ0n) is 8.18. The van der Waals surface area contributed by atoms with Gasteiger partial charge in [-0.2, -0.15) is 0 Å². The molecule has 0 atom stereocenters. The molecule has 0 unspecified atom stereocenters. The van der Waals surface area contributed by atoms with E-state index >= 15 is 0 Å². The van der Waals surface area contributed by atoms with Crippen molar-refractivity contribution in [2.24, 2.45) is 0 Å². The quantitative estimate of drug-likeness (QED) is 0.755. The number of halogens is 2. The molecule has 0 saturated heterocycles. The van der Waals surface area contributed by atoms with E-state index in [-0.39, 0.29) is 26.2 Å². The van der Waals surface area contributed by atoms with Crippen LogP contribution in [0.15, 0.2) is 18.5 Å². The standard InChI is InChI=1S/C9H13F2N3O/c10-8(11)6-14(4-5-15)7-9-12-2-1-3-13-9/h1-3,8,15H,4-7H2. The van der Waals surface area contributed by atoms with Gasteiger partial charge in [-0.1, -0.05) is 0 Å². The van der Waals surface area contributed by atoms with Crippen LogP contribution in [-0.4, -0.2) is 46.1 Å². The van der Waals surface area contributed by atoms with Gasteiger partial charge in [0.2, 0.25) is 0 Å². The van der Waals surface area contributed by atoms with Crippen LogP contribution >= 0.6 is 0 Å². The molecule has 1 N–H and O–H groups in total. The molecule has 0 spiro atoms. The van der Waals surface area contributed by atoms with Crippen LogP contribution < -0.4 is 0 Å². The van der Waals surface area contributed by atoms with Gasteiger partial charge in [0.1, 0.15) is 5.82 Å². The van der Waals surface area contributed by atoms with E-state index in [4.69, 9.17) is 5.11 Å². The van der Waals surface area contributed by atoms with Crippen LogP contribution in [-0.2, 0) is 6.54 Å². The summed E-state index contributed by atoms with van der Waals surface area (Å²) in [6.45, 7) is -0.104. The lowest BCUT2D eigenvalue weighted by Crippen LogP contribution is -2.31. The molecule has 0 aliphatic rings. The zero-order valence-corrected chi connectivity index (χ0v) is 8.18. The fraction of sp³-hybridized carbons (Fsp3) is 0.556. The molecular weight excluding hydrogens is 204 g/mol. The van der Waals surface area contributed by atoms with E-state index in [1.54, 1.807) is 18.5 Å². The molecule has 0 saturated carbocycles. The molecule has 6 heteroatoms. The van der Waals surface area contributed by atoms with Crippen molar-refractivity contribution in [3.63, 3.8) is 0 Å². The van der Waals surface area contributed by atoms with Gasteiger partial charge in [-0.25, -0.2) is 18.7 Å². The second kappa shape index (κ2) is 6.36. The summed E-state index contributed by atoms with van der Waals surface area (Å²) in [5.41, 5.74) is 0. The second-order valence-electron chi connectivity index (χ2n) is 3.01. The molecule has 0 amide bonds. The van der Waals surface area contributed by atoms with E-state index in [2.05, 4.69) is 9.97 Å². The number of hydrogen-bond donors (Lipinski definition) is 1. The highest BCUT2D eigenvalue weighted by atomic mass is 19.3. The van der Waals surface area contributed by atoms with Crippen LogP contribution in [0.3, 0.4) is 0 Å².